The van der Waals surface area contributed by atoms with E-state index in [0.717, 1.165) is 51.9 Å². The Hall–Kier alpha value is -2.48. The Morgan fingerprint density at radius 1 is 1.38 bits per heavy atom. The number of likely N-dealkylation sites (tertiary alicyclic amines) is 1. The minimum absolute atomic E-state index is 0.0781. The molecule has 7 nitrogen and oxygen atoms in total. The maximum absolute atomic E-state index is 12.9. The smallest absolute Gasteiger partial charge is 0.265 e. The van der Waals surface area contributed by atoms with Crippen LogP contribution in [0.2, 0.25) is 0 Å². The number of piperidine rings is 1. The molecule has 0 bridgehead atoms. The molecule has 0 radical (unpaired) electrons. The summed E-state index contributed by atoms with van der Waals surface area (Å²) in [7, 11) is 0. The van der Waals surface area contributed by atoms with Crippen LogP contribution in [0.5, 0.6) is 0 Å². The van der Waals surface area contributed by atoms with Gasteiger partial charge in [-0.25, -0.2) is 4.98 Å². The summed E-state index contributed by atoms with van der Waals surface area (Å²) in [5, 5.41) is 12.2. The van der Waals surface area contributed by atoms with E-state index >= 15 is 0 Å². The standard InChI is InChI=1S/C18H21N5O2S/c1-10-7-15(25-22-10)14-8-19-21-16(14)13-5-4-6-23(9-13)18(24)17-11(2)20-12(3)26-17/h7-8,13H,4-6,9H2,1-3H3,(H,19,21)/t13-/m1/s1. The Balaban J connectivity index is 1.57. The number of thiazole rings is 1. The zero-order chi connectivity index (χ0) is 18.3. The largest absolute Gasteiger partial charge is 0.356 e. The van der Waals surface area contributed by atoms with E-state index < -0.39 is 0 Å². The van der Waals surface area contributed by atoms with Crippen LogP contribution in [0, 0.1) is 20.8 Å². The van der Waals surface area contributed by atoms with Gasteiger partial charge in [0.1, 0.15) is 4.88 Å². The number of hydrogen-bond acceptors (Lipinski definition) is 6. The highest BCUT2D eigenvalue weighted by molar-refractivity contribution is 7.13. The minimum Gasteiger partial charge on any atom is -0.356 e. The molecule has 4 rings (SSSR count). The van der Waals surface area contributed by atoms with Crippen molar-refractivity contribution < 1.29 is 9.32 Å². The lowest BCUT2D eigenvalue weighted by atomic mass is 9.92. The quantitative estimate of drug-likeness (QED) is 0.762. The van der Waals surface area contributed by atoms with Gasteiger partial charge in [-0.1, -0.05) is 5.16 Å². The van der Waals surface area contributed by atoms with Crippen LogP contribution in [-0.2, 0) is 0 Å². The van der Waals surface area contributed by atoms with Gasteiger partial charge in [0.15, 0.2) is 5.76 Å². The Bertz CT molecular complexity index is 941. The average molecular weight is 371 g/mol. The first kappa shape index (κ1) is 17.0. The van der Waals surface area contributed by atoms with Gasteiger partial charge < -0.3 is 9.42 Å². The minimum atomic E-state index is 0.0781. The number of H-pyrrole nitrogens is 1. The first-order chi connectivity index (χ1) is 12.5. The molecule has 1 atom stereocenters. The van der Waals surface area contributed by atoms with Crippen LogP contribution in [-0.4, -0.2) is 44.2 Å². The van der Waals surface area contributed by atoms with Gasteiger partial charge in [-0.3, -0.25) is 9.89 Å². The van der Waals surface area contributed by atoms with Crippen LogP contribution in [0.1, 0.15) is 50.5 Å². The number of hydrogen-bond donors (Lipinski definition) is 1. The molecule has 3 aromatic heterocycles. The summed E-state index contributed by atoms with van der Waals surface area (Å²) in [6, 6.07) is 1.91. The van der Waals surface area contributed by atoms with Gasteiger partial charge in [0.2, 0.25) is 0 Å². The highest BCUT2D eigenvalue weighted by atomic mass is 32.1. The highest BCUT2D eigenvalue weighted by Gasteiger charge is 2.30. The average Bonchev–Trinajstić information content (AvgIpc) is 3.34. The molecule has 3 aromatic rings. The highest BCUT2D eigenvalue weighted by Crippen LogP contribution is 2.34. The van der Waals surface area contributed by atoms with Crippen molar-refractivity contribution in [3.63, 3.8) is 0 Å². The number of aromatic nitrogens is 4. The van der Waals surface area contributed by atoms with Gasteiger partial charge >= 0.3 is 0 Å². The van der Waals surface area contributed by atoms with E-state index in [2.05, 4.69) is 20.3 Å². The van der Waals surface area contributed by atoms with Crippen LogP contribution in [0.15, 0.2) is 16.8 Å². The fourth-order valence-electron chi connectivity index (χ4n) is 3.56. The molecule has 1 aliphatic rings. The number of rotatable bonds is 3. The fourth-order valence-corrected chi connectivity index (χ4v) is 4.45. The lowest BCUT2D eigenvalue weighted by Gasteiger charge is -2.32. The first-order valence-corrected chi connectivity index (χ1v) is 9.55. The molecule has 4 heterocycles. The van der Waals surface area contributed by atoms with Gasteiger partial charge in [0, 0.05) is 25.1 Å². The topological polar surface area (TPSA) is 87.9 Å². The first-order valence-electron chi connectivity index (χ1n) is 8.73. The van der Waals surface area contributed by atoms with E-state index in [1.54, 1.807) is 6.20 Å². The second-order valence-corrected chi connectivity index (χ2v) is 7.97. The molecule has 8 heteroatoms. The molecule has 1 aliphatic heterocycles. The summed E-state index contributed by atoms with van der Waals surface area (Å²) in [5.41, 5.74) is 3.59. The Morgan fingerprint density at radius 2 is 2.23 bits per heavy atom. The van der Waals surface area contributed by atoms with Gasteiger partial charge in [-0.05, 0) is 33.6 Å². The monoisotopic (exact) mass is 371 g/mol. The summed E-state index contributed by atoms with van der Waals surface area (Å²) in [6.07, 6.45) is 3.74. The van der Waals surface area contributed by atoms with Crippen LogP contribution in [0.3, 0.4) is 0 Å². The van der Waals surface area contributed by atoms with Crippen molar-refractivity contribution in [3.8, 4) is 11.3 Å². The summed E-state index contributed by atoms with van der Waals surface area (Å²) in [6.45, 7) is 7.17. The van der Waals surface area contributed by atoms with E-state index in [-0.39, 0.29) is 11.8 Å². The third kappa shape index (κ3) is 3.05. The molecular weight excluding hydrogens is 350 g/mol. The molecule has 1 amide bonds. The molecule has 0 aromatic carbocycles. The molecule has 1 N–H and O–H groups in total. The summed E-state index contributed by atoms with van der Waals surface area (Å²) in [4.78, 5) is 20.0. The number of carbonyl (C=O) groups is 1. The molecule has 26 heavy (non-hydrogen) atoms. The van der Waals surface area contributed by atoms with Crippen molar-refractivity contribution in [3.05, 3.63) is 39.2 Å². The van der Waals surface area contributed by atoms with Crippen LogP contribution < -0.4 is 0 Å². The lowest BCUT2D eigenvalue weighted by molar-refractivity contribution is 0.0710. The molecule has 0 unspecified atom stereocenters. The van der Waals surface area contributed by atoms with Crippen molar-refractivity contribution in [1.82, 2.24) is 25.2 Å². The predicted molar refractivity (Wildman–Crippen MR) is 98.3 cm³/mol. The van der Waals surface area contributed by atoms with E-state index in [1.165, 1.54) is 11.3 Å². The second kappa shape index (κ2) is 6.68. The number of nitrogens with one attached hydrogen (secondary N) is 1. The van der Waals surface area contributed by atoms with E-state index in [4.69, 9.17) is 4.52 Å². The Labute approximate surface area is 155 Å². The molecule has 0 aliphatic carbocycles. The number of aryl methyl sites for hydroxylation is 3. The maximum atomic E-state index is 12.9. The van der Waals surface area contributed by atoms with Gasteiger partial charge in [-0.2, -0.15) is 5.10 Å². The Kier molecular flexibility index (Phi) is 4.36. The predicted octanol–water partition coefficient (Wildman–Crippen LogP) is 3.47. The third-order valence-electron chi connectivity index (χ3n) is 4.78. The lowest BCUT2D eigenvalue weighted by Crippen LogP contribution is -2.39. The van der Waals surface area contributed by atoms with E-state index in [1.807, 2.05) is 31.7 Å². The van der Waals surface area contributed by atoms with Crippen molar-refractivity contribution in [2.45, 2.75) is 39.5 Å². The zero-order valence-electron chi connectivity index (χ0n) is 15.1. The van der Waals surface area contributed by atoms with Crippen molar-refractivity contribution in [2.75, 3.05) is 13.1 Å². The number of carbonyl (C=O) groups excluding carboxylic acids is 1. The van der Waals surface area contributed by atoms with E-state index in [9.17, 15) is 4.79 Å². The van der Waals surface area contributed by atoms with Gasteiger partial charge in [0.05, 0.1) is 33.8 Å². The normalized spacial score (nSPS) is 17.7. The molecule has 136 valence electrons. The number of nitrogens with zero attached hydrogens (tertiary/aromatic N) is 4. The molecular formula is C18H21N5O2S. The van der Waals surface area contributed by atoms with Crippen LogP contribution in [0.4, 0.5) is 0 Å². The van der Waals surface area contributed by atoms with Crippen LogP contribution in [0.25, 0.3) is 11.3 Å². The fraction of sp³-hybridized carbons (Fsp3) is 0.444. The summed E-state index contributed by atoms with van der Waals surface area (Å²) < 4.78 is 5.41. The number of aromatic amines is 1. The summed E-state index contributed by atoms with van der Waals surface area (Å²) in [5.74, 6) is 0.989. The summed E-state index contributed by atoms with van der Waals surface area (Å²) >= 11 is 1.47. The maximum Gasteiger partial charge on any atom is 0.265 e. The SMILES string of the molecule is Cc1cc(-c2cn[nH]c2[C@@H]2CCCN(C(=O)c3sc(C)nc3C)C2)on1. The Morgan fingerprint density at radius 3 is 2.92 bits per heavy atom. The molecule has 1 fully saturated rings. The zero-order valence-corrected chi connectivity index (χ0v) is 15.9. The van der Waals surface area contributed by atoms with Crippen molar-refractivity contribution in [2.24, 2.45) is 0 Å². The van der Waals surface area contributed by atoms with Gasteiger partial charge in [-0.15, -0.1) is 11.3 Å². The van der Waals surface area contributed by atoms with Gasteiger partial charge in [0.25, 0.3) is 5.91 Å². The van der Waals surface area contributed by atoms with Crippen molar-refractivity contribution in [1.29, 1.82) is 0 Å². The van der Waals surface area contributed by atoms with E-state index in [0.29, 0.717) is 12.3 Å². The molecule has 0 saturated carbocycles. The number of amides is 1. The van der Waals surface area contributed by atoms with Crippen LogP contribution >= 0.6 is 11.3 Å². The second-order valence-electron chi connectivity index (χ2n) is 6.77. The molecule has 0 spiro atoms. The molecule has 1 saturated heterocycles. The third-order valence-corrected chi connectivity index (χ3v) is 5.84. The van der Waals surface area contributed by atoms with Crippen molar-refractivity contribution >= 4 is 17.2 Å².